The van der Waals surface area contributed by atoms with Crippen LogP contribution in [0.5, 0.6) is 0 Å². The van der Waals surface area contributed by atoms with Crippen LogP contribution in [-0.2, 0) is 11.3 Å². The zero-order chi connectivity index (χ0) is 20.3. The highest BCUT2D eigenvalue weighted by molar-refractivity contribution is 5.94. The Bertz CT molecular complexity index is 982. The van der Waals surface area contributed by atoms with Gasteiger partial charge in [-0.3, -0.25) is 4.79 Å². The fourth-order valence-corrected chi connectivity index (χ4v) is 2.71. The minimum atomic E-state index is -0.403. The lowest BCUT2D eigenvalue weighted by Gasteiger charge is -2.07. The number of oxazole rings is 1. The number of carbonyl (C=O) groups excluding carboxylic acids is 2. The fraction of sp³-hybridized carbons (Fsp3) is 0.300. The van der Waals surface area contributed by atoms with Crippen LogP contribution in [0, 0.1) is 20.8 Å². The van der Waals surface area contributed by atoms with E-state index in [2.05, 4.69) is 15.4 Å². The summed E-state index contributed by atoms with van der Waals surface area (Å²) in [5, 5.41) is 7.03. The number of esters is 1. The molecule has 2 heterocycles. The predicted octanol–water partition coefficient (Wildman–Crippen LogP) is 2.89. The number of hydrogen-bond acceptors (Lipinski definition) is 6. The maximum Gasteiger partial charge on any atom is 0.341 e. The van der Waals surface area contributed by atoms with Gasteiger partial charge in [-0.1, -0.05) is 0 Å². The van der Waals surface area contributed by atoms with Crippen molar-refractivity contribution in [3.63, 3.8) is 0 Å². The quantitative estimate of drug-likeness (QED) is 0.658. The van der Waals surface area contributed by atoms with E-state index in [1.807, 2.05) is 13.8 Å². The van der Waals surface area contributed by atoms with Crippen LogP contribution in [-0.4, -0.2) is 33.2 Å². The first-order valence-corrected chi connectivity index (χ1v) is 8.94. The SMILES string of the molecule is CCOC(=O)c1cnn(-c2ccc(C(=O)NCc3nc(C)c(C)o3)cc2)c1C. The van der Waals surface area contributed by atoms with Crippen molar-refractivity contribution in [3.8, 4) is 5.69 Å². The number of hydrogen-bond donors (Lipinski definition) is 1. The van der Waals surface area contributed by atoms with Crippen molar-refractivity contribution in [3.05, 3.63) is 64.6 Å². The van der Waals surface area contributed by atoms with E-state index >= 15 is 0 Å². The second kappa shape index (κ2) is 8.08. The molecule has 0 aliphatic carbocycles. The topological polar surface area (TPSA) is 99.2 Å². The van der Waals surface area contributed by atoms with Crippen molar-refractivity contribution in [2.24, 2.45) is 0 Å². The molecular weight excluding hydrogens is 360 g/mol. The van der Waals surface area contributed by atoms with Crippen molar-refractivity contribution in [1.82, 2.24) is 20.1 Å². The molecule has 2 aromatic heterocycles. The highest BCUT2D eigenvalue weighted by atomic mass is 16.5. The molecule has 3 rings (SSSR count). The molecule has 0 fully saturated rings. The molecule has 0 unspecified atom stereocenters. The van der Waals surface area contributed by atoms with Gasteiger partial charge >= 0.3 is 5.97 Å². The van der Waals surface area contributed by atoms with E-state index in [1.54, 1.807) is 42.8 Å². The molecule has 8 heteroatoms. The molecule has 0 atom stereocenters. The first-order chi connectivity index (χ1) is 13.4. The van der Waals surface area contributed by atoms with Crippen molar-refractivity contribution >= 4 is 11.9 Å². The predicted molar refractivity (Wildman–Crippen MR) is 101 cm³/mol. The molecule has 8 nitrogen and oxygen atoms in total. The van der Waals surface area contributed by atoms with Gasteiger partial charge in [-0.25, -0.2) is 14.5 Å². The molecule has 3 aromatic rings. The Kier molecular flexibility index (Phi) is 5.58. The highest BCUT2D eigenvalue weighted by Crippen LogP contribution is 2.16. The van der Waals surface area contributed by atoms with Crippen LogP contribution in [0.25, 0.3) is 5.69 Å². The monoisotopic (exact) mass is 382 g/mol. The molecule has 1 amide bonds. The first-order valence-electron chi connectivity index (χ1n) is 8.94. The van der Waals surface area contributed by atoms with Gasteiger partial charge in [0.1, 0.15) is 11.3 Å². The smallest absolute Gasteiger partial charge is 0.341 e. The number of benzene rings is 1. The molecule has 0 bridgehead atoms. The maximum atomic E-state index is 12.3. The second-order valence-corrected chi connectivity index (χ2v) is 6.25. The van der Waals surface area contributed by atoms with Crippen LogP contribution in [0.4, 0.5) is 0 Å². The number of nitrogens with zero attached hydrogens (tertiary/aromatic N) is 3. The normalized spacial score (nSPS) is 10.7. The van der Waals surface area contributed by atoms with Crippen LogP contribution >= 0.6 is 0 Å². The number of rotatable bonds is 6. The number of nitrogens with one attached hydrogen (secondary N) is 1. The van der Waals surface area contributed by atoms with Gasteiger partial charge in [0, 0.05) is 5.56 Å². The summed E-state index contributed by atoms with van der Waals surface area (Å²) in [4.78, 5) is 28.5. The summed E-state index contributed by atoms with van der Waals surface area (Å²) in [5.74, 6) is 0.577. The molecular formula is C20H22N4O4. The molecule has 1 aromatic carbocycles. The first kappa shape index (κ1) is 19.3. The van der Waals surface area contributed by atoms with Crippen molar-refractivity contribution in [2.45, 2.75) is 34.2 Å². The summed E-state index contributed by atoms with van der Waals surface area (Å²) in [6, 6.07) is 6.93. The number of ether oxygens (including phenoxy) is 1. The van der Waals surface area contributed by atoms with Gasteiger partial charge in [0.25, 0.3) is 5.91 Å². The Labute approximate surface area is 162 Å². The molecule has 0 aliphatic rings. The molecule has 0 spiro atoms. The summed E-state index contributed by atoms with van der Waals surface area (Å²) in [7, 11) is 0. The van der Waals surface area contributed by atoms with Gasteiger partial charge in [0.05, 0.1) is 36.4 Å². The highest BCUT2D eigenvalue weighted by Gasteiger charge is 2.16. The average Bonchev–Trinajstić information content (AvgIpc) is 3.22. The van der Waals surface area contributed by atoms with Gasteiger partial charge in [-0.15, -0.1) is 0 Å². The van der Waals surface area contributed by atoms with E-state index in [1.165, 1.54) is 6.20 Å². The molecule has 1 N–H and O–H groups in total. The third-order valence-corrected chi connectivity index (χ3v) is 4.35. The number of aryl methyl sites for hydroxylation is 2. The Morgan fingerprint density at radius 1 is 1.18 bits per heavy atom. The third-order valence-electron chi connectivity index (χ3n) is 4.35. The summed E-state index contributed by atoms with van der Waals surface area (Å²) in [6.07, 6.45) is 1.48. The number of carbonyl (C=O) groups is 2. The Hall–Kier alpha value is -3.42. The standard InChI is InChI=1S/C20H22N4O4/c1-5-27-20(26)17-10-22-24(13(17)3)16-8-6-15(7-9-16)19(25)21-11-18-23-12(2)14(4)28-18/h6-10H,5,11H2,1-4H3,(H,21,25). The van der Waals surface area contributed by atoms with Gasteiger partial charge in [-0.2, -0.15) is 5.10 Å². The maximum absolute atomic E-state index is 12.3. The van der Waals surface area contributed by atoms with E-state index in [9.17, 15) is 9.59 Å². The zero-order valence-corrected chi connectivity index (χ0v) is 16.3. The van der Waals surface area contributed by atoms with Crippen LogP contribution in [0.15, 0.2) is 34.9 Å². The summed E-state index contributed by atoms with van der Waals surface area (Å²) >= 11 is 0. The van der Waals surface area contributed by atoms with Crippen LogP contribution < -0.4 is 5.32 Å². The van der Waals surface area contributed by atoms with Crippen molar-refractivity contribution in [1.29, 1.82) is 0 Å². The summed E-state index contributed by atoms with van der Waals surface area (Å²) in [6.45, 7) is 7.76. The Balaban J connectivity index is 1.69. The van der Waals surface area contributed by atoms with Gasteiger partial charge in [-0.05, 0) is 52.0 Å². The second-order valence-electron chi connectivity index (χ2n) is 6.25. The largest absolute Gasteiger partial charge is 0.462 e. The van der Waals surface area contributed by atoms with E-state index in [0.717, 1.165) is 17.1 Å². The summed E-state index contributed by atoms with van der Waals surface area (Å²) < 4.78 is 12.1. The summed E-state index contributed by atoms with van der Waals surface area (Å²) in [5.41, 5.74) is 3.14. The Morgan fingerprint density at radius 3 is 2.50 bits per heavy atom. The minimum absolute atomic E-state index is 0.219. The van der Waals surface area contributed by atoms with Crippen LogP contribution in [0.1, 0.15) is 50.7 Å². The molecule has 146 valence electrons. The van der Waals surface area contributed by atoms with E-state index < -0.39 is 5.97 Å². The van der Waals surface area contributed by atoms with Gasteiger partial charge < -0.3 is 14.5 Å². The van der Waals surface area contributed by atoms with Crippen molar-refractivity contribution in [2.75, 3.05) is 6.61 Å². The number of aromatic nitrogens is 3. The van der Waals surface area contributed by atoms with Gasteiger partial charge in [0.15, 0.2) is 0 Å². The van der Waals surface area contributed by atoms with Gasteiger partial charge in [0.2, 0.25) is 5.89 Å². The molecule has 28 heavy (non-hydrogen) atoms. The van der Waals surface area contributed by atoms with E-state index in [4.69, 9.17) is 9.15 Å². The third kappa shape index (κ3) is 3.95. The molecule has 0 saturated heterocycles. The van der Waals surface area contributed by atoms with E-state index in [-0.39, 0.29) is 12.5 Å². The minimum Gasteiger partial charge on any atom is -0.462 e. The molecule has 0 radical (unpaired) electrons. The average molecular weight is 382 g/mol. The molecule has 0 aliphatic heterocycles. The number of amides is 1. The lowest BCUT2D eigenvalue weighted by Crippen LogP contribution is -2.23. The zero-order valence-electron chi connectivity index (χ0n) is 16.3. The van der Waals surface area contributed by atoms with E-state index in [0.29, 0.717) is 29.3 Å². The van der Waals surface area contributed by atoms with Crippen LogP contribution in [0.3, 0.4) is 0 Å². The lowest BCUT2D eigenvalue weighted by molar-refractivity contribution is 0.0525. The van der Waals surface area contributed by atoms with Crippen molar-refractivity contribution < 1.29 is 18.7 Å². The fourth-order valence-electron chi connectivity index (χ4n) is 2.71. The van der Waals surface area contributed by atoms with Crippen LogP contribution in [0.2, 0.25) is 0 Å². The Morgan fingerprint density at radius 2 is 1.89 bits per heavy atom. The lowest BCUT2D eigenvalue weighted by atomic mass is 10.2. The molecule has 0 saturated carbocycles.